The van der Waals surface area contributed by atoms with Crippen molar-refractivity contribution in [1.29, 1.82) is 0 Å². The van der Waals surface area contributed by atoms with Crippen LogP contribution in [-0.4, -0.2) is 53.0 Å². The van der Waals surface area contributed by atoms with E-state index < -0.39 is 23.0 Å². The number of hydrogen-bond acceptors (Lipinski definition) is 8. The van der Waals surface area contributed by atoms with Gasteiger partial charge in [-0.25, -0.2) is 14.0 Å². The van der Waals surface area contributed by atoms with Crippen molar-refractivity contribution in [2.24, 2.45) is 7.05 Å². The van der Waals surface area contributed by atoms with Gasteiger partial charge in [-0.3, -0.25) is 9.69 Å². The van der Waals surface area contributed by atoms with E-state index in [2.05, 4.69) is 4.90 Å². The minimum absolute atomic E-state index is 0.0352. The number of benzene rings is 1. The number of halogens is 1. The fraction of sp³-hybridized carbons (Fsp3) is 0.381. The summed E-state index contributed by atoms with van der Waals surface area (Å²) in [4.78, 5) is 39.6. The molecule has 1 aliphatic rings. The molecule has 11 heteroatoms. The van der Waals surface area contributed by atoms with E-state index in [1.165, 1.54) is 0 Å². The van der Waals surface area contributed by atoms with Gasteiger partial charge in [0.15, 0.2) is 5.76 Å². The van der Waals surface area contributed by atoms with Crippen LogP contribution in [-0.2, 0) is 13.6 Å². The molecule has 0 saturated carbocycles. The molecule has 0 radical (unpaired) electrons. The van der Waals surface area contributed by atoms with Gasteiger partial charge in [0.1, 0.15) is 17.1 Å². The Balaban J connectivity index is 1.63. The van der Waals surface area contributed by atoms with E-state index in [4.69, 9.17) is 8.83 Å². The lowest BCUT2D eigenvalue weighted by Gasteiger charge is -2.36. The molecule has 4 rings (SSSR count). The predicted octanol–water partition coefficient (Wildman–Crippen LogP) is 2.27. The van der Waals surface area contributed by atoms with Gasteiger partial charge in [-0.1, -0.05) is 0 Å². The monoisotopic (exact) mass is 463 g/mol. The number of piperazine rings is 1. The van der Waals surface area contributed by atoms with Crippen LogP contribution in [0.4, 0.5) is 10.1 Å². The number of carboxylic acid groups (broad SMARTS) is 1. The first-order chi connectivity index (χ1) is 15.2. The van der Waals surface area contributed by atoms with Crippen LogP contribution in [0, 0.1) is 12.7 Å². The lowest BCUT2D eigenvalue weighted by atomic mass is 10.1. The highest BCUT2D eigenvalue weighted by Crippen LogP contribution is 2.29. The largest absolute Gasteiger partial charge is 0.519 e. The first kappa shape index (κ1) is 22.2. The zero-order valence-electron chi connectivity index (χ0n) is 17.8. The van der Waals surface area contributed by atoms with Gasteiger partial charge in [0.25, 0.3) is 0 Å². The summed E-state index contributed by atoms with van der Waals surface area (Å²) in [5, 5.41) is 9.82. The van der Waals surface area contributed by atoms with Gasteiger partial charge in [0, 0.05) is 38.6 Å². The van der Waals surface area contributed by atoms with Crippen molar-refractivity contribution in [2.45, 2.75) is 18.5 Å². The molecule has 0 atom stereocenters. The predicted molar refractivity (Wildman–Crippen MR) is 117 cm³/mol. The summed E-state index contributed by atoms with van der Waals surface area (Å²) in [6.07, 6.45) is 1.69. The summed E-state index contributed by atoms with van der Waals surface area (Å²) in [5.41, 5.74) is -0.219. The molecule has 3 aromatic rings. The summed E-state index contributed by atoms with van der Waals surface area (Å²) < 4.78 is 26.6. The van der Waals surface area contributed by atoms with Crippen LogP contribution >= 0.6 is 11.8 Å². The van der Waals surface area contributed by atoms with Gasteiger partial charge in [0.2, 0.25) is 5.43 Å². The standard InChI is InChI=1S/C21H22FN3O6S/c1-11-16(31-21(29)30-11)10-24-4-6-25(7-5-24)15-9-14-12(8-13(15)22)18(26)17(20(27)28)19(32-3)23(14)2/h8-9H,4-7,10H2,1-3H3,(H,27,28). The molecule has 0 spiro atoms. The molecule has 2 aromatic heterocycles. The highest BCUT2D eigenvalue weighted by molar-refractivity contribution is 7.98. The zero-order chi connectivity index (χ0) is 23.2. The van der Waals surface area contributed by atoms with E-state index >= 15 is 4.39 Å². The van der Waals surface area contributed by atoms with Gasteiger partial charge in [-0.2, -0.15) is 0 Å². The average molecular weight is 463 g/mol. The zero-order valence-corrected chi connectivity index (χ0v) is 18.6. The number of aromatic carboxylic acids is 1. The van der Waals surface area contributed by atoms with Crippen LogP contribution in [0.3, 0.4) is 0 Å². The van der Waals surface area contributed by atoms with E-state index in [1.54, 1.807) is 30.9 Å². The van der Waals surface area contributed by atoms with Crippen molar-refractivity contribution in [3.05, 3.63) is 55.9 Å². The van der Waals surface area contributed by atoms with Crippen LogP contribution in [0.25, 0.3) is 10.9 Å². The van der Waals surface area contributed by atoms with Crippen molar-refractivity contribution in [2.75, 3.05) is 37.3 Å². The molecule has 1 fully saturated rings. The van der Waals surface area contributed by atoms with Crippen molar-refractivity contribution >= 4 is 34.3 Å². The van der Waals surface area contributed by atoms with Crippen LogP contribution in [0.2, 0.25) is 0 Å². The molecule has 32 heavy (non-hydrogen) atoms. The molecule has 0 bridgehead atoms. The Morgan fingerprint density at radius 3 is 2.44 bits per heavy atom. The van der Waals surface area contributed by atoms with Gasteiger partial charge in [-0.15, -0.1) is 11.8 Å². The number of carboxylic acids is 1. The summed E-state index contributed by atoms with van der Waals surface area (Å²) in [5.74, 6) is -1.71. The third kappa shape index (κ3) is 3.82. The Kier molecular flexibility index (Phi) is 5.87. The molecule has 1 saturated heterocycles. The lowest BCUT2D eigenvalue weighted by molar-refractivity contribution is 0.0690. The van der Waals surface area contributed by atoms with Gasteiger partial charge < -0.3 is 23.4 Å². The first-order valence-corrected chi connectivity index (χ1v) is 11.1. The van der Waals surface area contributed by atoms with E-state index in [9.17, 15) is 19.5 Å². The van der Waals surface area contributed by atoms with Crippen molar-refractivity contribution in [1.82, 2.24) is 9.47 Å². The first-order valence-electron chi connectivity index (χ1n) is 9.91. The molecule has 1 N–H and O–H groups in total. The fourth-order valence-electron chi connectivity index (χ4n) is 4.06. The Morgan fingerprint density at radius 2 is 1.88 bits per heavy atom. The molecular weight excluding hydrogens is 441 g/mol. The SMILES string of the molecule is CSc1c(C(=O)O)c(=O)c2cc(F)c(N3CCN(Cc4oc(=O)oc4C)CC3)cc2n1C. The number of anilines is 1. The van der Waals surface area contributed by atoms with Crippen LogP contribution < -0.4 is 16.2 Å². The Hall–Kier alpha value is -3.05. The summed E-state index contributed by atoms with van der Waals surface area (Å²) in [6.45, 7) is 4.37. The molecule has 0 aliphatic carbocycles. The second-order valence-corrected chi connectivity index (χ2v) is 8.39. The van der Waals surface area contributed by atoms with Crippen LogP contribution in [0.5, 0.6) is 0 Å². The quantitative estimate of drug-likeness (QED) is 0.570. The number of aromatic nitrogens is 1. The molecule has 1 aromatic carbocycles. The minimum Gasteiger partial charge on any atom is -0.477 e. The second-order valence-electron chi connectivity index (χ2n) is 7.60. The number of rotatable bonds is 5. The lowest BCUT2D eigenvalue weighted by Crippen LogP contribution is -2.46. The van der Waals surface area contributed by atoms with Crippen molar-refractivity contribution in [3.63, 3.8) is 0 Å². The number of thioether (sulfide) groups is 1. The summed E-state index contributed by atoms with van der Waals surface area (Å²) >= 11 is 1.16. The average Bonchev–Trinajstić information content (AvgIpc) is 3.07. The van der Waals surface area contributed by atoms with Crippen molar-refractivity contribution < 1.29 is 23.1 Å². The van der Waals surface area contributed by atoms with E-state index in [-0.39, 0.29) is 10.9 Å². The minimum atomic E-state index is -1.33. The summed E-state index contributed by atoms with van der Waals surface area (Å²) in [6, 6.07) is 2.73. The number of aryl methyl sites for hydroxylation is 2. The number of fused-ring (bicyclic) bond motifs is 1. The number of hydrogen-bond donors (Lipinski definition) is 1. The van der Waals surface area contributed by atoms with E-state index in [0.29, 0.717) is 60.5 Å². The maximum atomic E-state index is 15.0. The van der Waals surface area contributed by atoms with Gasteiger partial charge in [-0.05, 0) is 25.3 Å². The Labute approximate surface area is 186 Å². The van der Waals surface area contributed by atoms with E-state index in [0.717, 1.165) is 17.8 Å². The third-order valence-electron chi connectivity index (χ3n) is 5.74. The van der Waals surface area contributed by atoms with Crippen LogP contribution in [0.1, 0.15) is 21.9 Å². The maximum Gasteiger partial charge on any atom is 0.519 e. The third-order valence-corrected chi connectivity index (χ3v) is 6.60. The highest BCUT2D eigenvalue weighted by atomic mass is 32.2. The molecule has 0 amide bonds. The summed E-state index contributed by atoms with van der Waals surface area (Å²) in [7, 11) is 1.67. The van der Waals surface area contributed by atoms with Crippen molar-refractivity contribution in [3.8, 4) is 0 Å². The van der Waals surface area contributed by atoms with Gasteiger partial charge in [0.05, 0.1) is 22.8 Å². The molecule has 170 valence electrons. The number of nitrogens with zero attached hydrogens (tertiary/aromatic N) is 3. The fourth-order valence-corrected chi connectivity index (χ4v) is 4.81. The Bertz CT molecular complexity index is 1320. The second kappa shape index (κ2) is 8.47. The topological polar surface area (TPSA) is 109 Å². The Morgan fingerprint density at radius 1 is 1.19 bits per heavy atom. The normalized spacial score (nSPS) is 14.9. The highest BCUT2D eigenvalue weighted by Gasteiger charge is 2.25. The molecule has 1 aliphatic heterocycles. The molecule has 3 heterocycles. The molecular formula is C21H22FN3O6S. The maximum absolute atomic E-state index is 15.0. The smallest absolute Gasteiger partial charge is 0.477 e. The molecule has 0 unspecified atom stereocenters. The van der Waals surface area contributed by atoms with Crippen LogP contribution in [0.15, 0.2) is 35.6 Å². The molecule has 9 nitrogen and oxygen atoms in total. The van der Waals surface area contributed by atoms with E-state index in [1.807, 2.05) is 4.90 Å². The van der Waals surface area contributed by atoms with Gasteiger partial charge >= 0.3 is 11.8 Å². The number of pyridine rings is 1. The number of carbonyl (C=O) groups is 1.